The van der Waals surface area contributed by atoms with E-state index in [1.807, 2.05) is 19.1 Å². The summed E-state index contributed by atoms with van der Waals surface area (Å²) in [6.45, 7) is 5.31. The largest absolute Gasteiger partial charge is 0.465 e. The molecule has 1 aliphatic carbocycles. The van der Waals surface area contributed by atoms with Gasteiger partial charge in [-0.15, -0.1) is 0 Å². The van der Waals surface area contributed by atoms with Crippen molar-refractivity contribution in [3.8, 4) is 0 Å². The van der Waals surface area contributed by atoms with Crippen LogP contribution in [0.15, 0.2) is 27.9 Å². The molecule has 0 aromatic carbocycles. The third-order valence-corrected chi connectivity index (χ3v) is 3.05. The van der Waals surface area contributed by atoms with E-state index in [9.17, 15) is 9.59 Å². The van der Waals surface area contributed by atoms with Crippen LogP contribution in [0.1, 0.15) is 27.2 Å². The molecule has 0 spiro atoms. The number of allylic oxidation sites excluding steroid dienone is 3. The van der Waals surface area contributed by atoms with E-state index in [1.165, 1.54) is 13.1 Å². The Balaban J connectivity index is 2.84. The van der Waals surface area contributed by atoms with Gasteiger partial charge in [0, 0.05) is 6.21 Å². The molecule has 0 aliphatic heterocycles. The van der Waals surface area contributed by atoms with Crippen LogP contribution >= 0.6 is 11.6 Å². The van der Waals surface area contributed by atoms with E-state index >= 15 is 0 Å². The number of ether oxygens (including phenoxy) is 1. The van der Waals surface area contributed by atoms with Crippen LogP contribution in [0.2, 0.25) is 0 Å². The second-order valence-electron chi connectivity index (χ2n) is 4.44. The molecule has 5 heteroatoms. The summed E-state index contributed by atoms with van der Waals surface area (Å²) >= 11 is 6.03. The minimum atomic E-state index is -0.970. The van der Waals surface area contributed by atoms with Crippen LogP contribution in [0.5, 0.6) is 0 Å². The highest BCUT2D eigenvalue weighted by atomic mass is 35.5. The van der Waals surface area contributed by atoms with E-state index in [0.717, 1.165) is 6.42 Å². The Hall–Kier alpha value is -1.42. The first kappa shape index (κ1) is 15.6. The lowest BCUT2D eigenvalue weighted by atomic mass is 10.0. The Morgan fingerprint density at radius 1 is 1.63 bits per heavy atom. The van der Waals surface area contributed by atoms with Crippen LogP contribution in [0.25, 0.3) is 0 Å². The number of nitrogens with zero attached hydrogens (tertiary/aromatic N) is 1. The fourth-order valence-electron chi connectivity index (χ4n) is 1.63. The number of halogens is 1. The van der Waals surface area contributed by atoms with Crippen LogP contribution in [-0.4, -0.2) is 24.6 Å². The number of Topliss-reactive ketones (excluding diaryl/α,β-unsaturated/α-hetero) is 1. The standard InChI is InChI=1S/C14H18ClNO3/c1-4-19-14(18)11(10(3)17)8-16-13-7-9(2)5-6-12(13)15/h6-9,11H,4-5H2,1-3H3. The minimum Gasteiger partial charge on any atom is -0.465 e. The van der Waals surface area contributed by atoms with Crippen molar-refractivity contribution in [1.82, 2.24) is 0 Å². The van der Waals surface area contributed by atoms with E-state index in [4.69, 9.17) is 16.3 Å². The molecule has 0 bridgehead atoms. The third kappa shape index (κ3) is 4.63. The van der Waals surface area contributed by atoms with Gasteiger partial charge >= 0.3 is 5.97 Å². The molecule has 0 N–H and O–H groups in total. The van der Waals surface area contributed by atoms with Gasteiger partial charge in [-0.2, -0.15) is 0 Å². The van der Waals surface area contributed by atoms with Crippen molar-refractivity contribution in [1.29, 1.82) is 0 Å². The highest BCUT2D eigenvalue weighted by Crippen LogP contribution is 2.26. The van der Waals surface area contributed by atoms with Crippen molar-refractivity contribution < 1.29 is 14.3 Å². The molecule has 0 saturated carbocycles. The van der Waals surface area contributed by atoms with Gasteiger partial charge in [-0.05, 0) is 26.2 Å². The maximum Gasteiger partial charge on any atom is 0.321 e. The Bertz CT molecular complexity index is 452. The van der Waals surface area contributed by atoms with E-state index in [0.29, 0.717) is 16.6 Å². The molecule has 4 nitrogen and oxygen atoms in total. The number of carbonyl (C=O) groups excluding carboxylic acids is 2. The number of ketones is 1. The van der Waals surface area contributed by atoms with E-state index in [2.05, 4.69) is 4.99 Å². The molecule has 2 atom stereocenters. The zero-order chi connectivity index (χ0) is 14.4. The van der Waals surface area contributed by atoms with Crippen LogP contribution in [-0.2, 0) is 14.3 Å². The minimum absolute atomic E-state index is 0.233. The topological polar surface area (TPSA) is 55.7 Å². The number of rotatable bonds is 5. The van der Waals surface area contributed by atoms with Gasteiger partial charge in [-0.1, -0.05) is 30.7 Å². The van der Waals surface area contributed by atoms with Crippen LogP contribution in [0, 0.1) is 11.8 Å². The van der Waals surface area contributed by atoms with E-state index in [1.54, 1.807) is 6.92 Å². The number of hydrogen-bond acceptors (Lipinski definition) is 4. The molecular formula is C14H18ClNO3. The average molecular weight is 284 g/mol. The van der Waals surface area contributed by atoms with Gasteiger partial charge < -0.3 is 4.74 Å². The fourth-order valence-corrected chi connectivity index (χ4v) is 1.84. The SMILES string of the molecule is CCOC(=O)C(C=NC1=CC(C)CC=C1Cl)C(C)=O. The van der Waals surface area contributed by atoms with Gasteiger partial charge in [0.1, 0.15) is 5.78 Å². The van der Waals surface area contributed by atoms with E-state index < -0.39 is 11.9 Å². The number of carbonyl (C=O) groups is 2. The summed E-state index contributed by atoms with van der Waals surface area (Å²) in [6, 6.07) is 0. The van der Waals surface area contributed by atoms with Crippen molar-refractivity contribution in [3.05, 3.63) is 22.9 Å². The number of hydrogen-bond donors (Lipinski definition) is 0. The summed E-state index contributed by atoms with van der Waals surface area (Å²) in [6.07, 6.45) is 5.97. The van der Waals surface area contributed by atoms with Crippen molar-refractivity contribution >= 4 is 29.6 Å². The van der Waals surface area contributed by atoms with Gasteiger partial charge in [0.15, 0.2) is 5.92 Å². The van der Waals surface area contributed by atoms with Crippen molar-refractivity contribution in [2.75, 3.05) is 6.61 Å². The van der Waals surface area contributed by atoms with Gasteiger partial charge in [0.05, 0.1) is 17.3 Å². The van der Waals surface area contributed by atoms with Gasteiger partial charge in [-0.3, -0.25) is 14.6 Å². The number of aliphatic imine (C=N–C) groups is 1. The first-order chi connectivity index (χ1) is 8.95. The molecule has 0 heterocycles. The predicted octanol–water partition coefficient (Wildman–Crippen LogP) is 2.87. The maximum atomic E-state index is 11.6. The third-order valence-electron chi connectivity index (χ3n) is 2.70. The molecule has 0 aromatic heterocycles. The molecule has 0 saturated heterocycles. The zero-order valence-electron chi connectivity index (χ0n) is 11.4. The summed E-state index contributed by atoms with van der Waals surface area (Å²) < 4.78 is 4.84. The normalized spacial score (nSPS) is 20.7. The summed E-state index contributed by atoms with van der Waals surface area (Å²) in [7, 11) is 0. The van der Waals surface area contributed by atoms with Gasteiger partial charge in [-0.25, -0.2) is 0 Å². The van der Waals surface area contributed by atoms with Crippen molar-refractivity contribution in [2.24, 2.45) is 16.8 Å². The molecular weight excluding hydrogens is 266 g/mol. The van der Waals surface area contributed by atoms with Crippen molar-refractivity contribution in [3.63, 3.8) is 0 Å². The molecule has 0 fully saturated rings. The quantitative estimate of drug-likeness (QED) is 0.443. The molecule has 0 aromatic rings. The monoisotopic (exact) mass is 283 g/mol. The highest BCUT2D eigenvalue weighted by Gasteiger charge is 2.23. The molecule has 2 unspecified atom stereocenters. The smallest absolute Gasteiger partial charge is 0.321 e. The van der Waals surface area contributed by atoms with Crippen LogP contribution < -0.4 is 0 Å². The summed E-state index contributed by atoms with van der Waals surface area (Å²) in [4.78, 5) is 27.2. The lowest BCUT2D eigenvalue weighted by molar-refractivity contribution is -0.148. The van der Waals surface area contributed by atoms with Crippen molar-refractivity contribution in [2.45, 2.75) is 27.2 Å². The van der Waals surface area contributed by atoms with E-state index in [-0.39, 0.29) is 12.4 Å². The average Bonchev–Trinajstić information content (AvgIpc) is 2.33. The highest BCUT2D eigenvalue weighted by molar-refractivity contribution is 6.32. The van der Waals surface area contributed by atoms with Gasteiger partial charge in [0.25, 0.3) is 0 Å². The molecule has 0 radical (unpaired) electrons. The second kappa shape index (κ2) is 7.24. The first-order valence-corrected chi connectivity index (χ1v) is 6.62. The molecule has 104 valence electrons. The Labute approximate surface area is 118 Å². The van der Waals surface area contributed by atoms with Gasteiger partial charge in [0.2, 0.25) is 0 Å². The lowest BCUT2D eigenvalue weighted by Gasteiger charge is -2.13. The fraction of sp³-hybridized carbons (Fsp3) is 0.500. The molecule has 0 amide bonds. The molecule has 19 heavy (non-hydrogen) atoms. The van der Waals surface area contributed by atoms with Crippen LogP contribution in [0.4, 0.5) is 0 Å². The molecule has 1 rings (SSSR count). The number of esters is 1. The maximum absolute atomic E-state index is 11.6. The summed E-state index contributed by atoms with van der Waals surface area (Å²) in [5.41, 5.74) is 0.593. The van der Waals surface area contributed by atoms with Crippen LogP contribution in [0.3, 0.4) is 0 Å². The first-order valence-electron chi connectivity index (χ1n) is 6.24. The lowest BCUT2D eigenvalue weighted by Crippen LogP contribution is -2.25. The second-order valence-corrected chi connectivity index (χ2v) is 4.84. The Morgan fingerprint density at radius 2 is 2.32 bits per heavy atom. The Morgan fingerprint density at radius 3 is 2.89 bits per heavy atom. The summed E-state index contributed by atoms with van der Waals surface area (Å²) in [5.74, 6) is -1.51. The predicted molar refractivity (Wildman–Crippen MR) is 75.1 cm³/mol. The summed E-state index contributed by atoms with van der Waals surface area (Å²) in [5, 5.41) is 0.542. The molecule has 1 aliphatic rings. The Kier molecular flexibility index (Phi) is 5.96. The zero-order valence-corrected chi connectivity index (χ0v) is 12.1.